The van der Waals surface area contributed by atoms with Gasteiger partial charge in [-0.2, -0.15) is 0 Å². The van der Waals surface area contributed by atoms with Crippen LogP contribution >= 0.6 is 11.3 Å². The molecule has 1 unspecified atom stereocenters. The molecule has 0 aliphatic rings. The van der Waals surface area contributed by atoms with Gasteiger partial charge in [-0.3, -0.25) is 4.79 Å². The minimum Gasteiger partial charge on any atom is -0.399 e. The molecule has 2 rings (SSSR count). The average molecular weight is 288 g/mol. The molecule has 1 amide bonds. The summed E-state index contributed by atoms with van der Waals surface area (Å²) in [5.74, 6) is 0.0168. The van der Waals surface area contributed by atoms with Gasteiger partial charge in [0.15, 0.2) is 0 Å². The summed E-state index contributed by atoms with van der Waals surface area (Å²) in [6, 6.07) is 11.5. The molecule has 3 nitrogen and oxygen atoms in total. The van der Waals surface area contributed by atoms with Gasteiger partial charge in [-0.15, -0.1) is 11.3 Å². The maximum atomic E-state index is 12.5. The highest BCUT2D eigenvalue weighted by molar-refractivity contribution is 7.10. The number of thiophene rings is 1. The molecule has 1 atom stereocenters. The number of nitrogens with one attached hydrogen (secondary N) is 1. The Morgan fingerprint density at radius 1 is 1.25 bits per heavy atom. The molecule has 1 aromatic heterocycles. The number of carbonyl (C=O) groups excluding carboxylic acids is 1. The molecule has 3 N–H and O–H groups in total. The molecule has 0 spiro atoms. The maximum absolute atomic E-state index is 12.5. The van der Waals surface area contributed by atoms with E-state index in [1.807, 2.05) is 62.5 Å². The number of hydrogen-bond acceptors (Lipinski definition) is 3. The number of hydrogen-bond donors (Lipinski definition) is 2. The summed E-state index contributed by atoms with van der Waals surface area (Å²) in [7, 11) is 0. The van der Waals surface area contributed by atoms with Gasteiger partial charge in [-0.25, -0.2) is 0 Å². The monoisotopic (exact) mass is 288 g/mol. The molecule has 0 saturated heterocycles. The summed E-state index contributed by atoms with van der Waals surface area (Å²) in [4.78, 5) is 13.7. The second-order valence-electron chi connectivity index (χ2n) is 5.46. The van der Waals surface area contributed by atoms with Crippen LogP contribution in [0.3, 0.4) is 0 Å². The van der Waals surface area contributed by atoms with Gasteiger partial charge in [0.1, 0.15) is 0 Å². The first-order valence-corrected chi connectivity index (χ1v) is 7.49. The quantitative estimate of drug-likeness (QED) is 0.846. The Morgan fingerprint density at radius 2 is 1.90 bits per heavy atom. The molecule has 0 radical (unpaired) electrons. The highest BCUT2D eigenvalue weighted by atomic mass is 32.1. The third kappa shape index (κ3) is 3.02. The van der Waals surface area contributed by atoms with Gasteiger partial charge in [0, 0.05) is 10.6 Å². The van der Waals surface area contributed by atoms with Gasteiger partial charge in [-0.1, -0.05) is 18.2 Å². The van der Waals surface area contributed by atoms with E-state index >= 15 is 0 Å². The fourth-order valence-electron chi connectivity index (χ4n) is 2.02. The van der Waals surface area contributed by atoms with Crippen molar-refractivity contribution in [3.05, 3.63) is 52.2 Å². The van der Waals surface area contributed by atoms with Crippen molar-refractivity contribution < 1.29 is 4.79 Å². The van der Waals surface area contributed by atoms with E-state index in [1.165, 1.54) is 0 Å². The summed E-state index contributed by atoms with van der Waals surface area (Å²) in [6.45, 7) is 5.85. The molecule has 0 aliphatic carbocycles. The average Bonchev–Trinajstić information content (AvgIpc) is 2.93. The third-order valence-electron chi connectivity index (χ3n) is 3.52. The Labute approximate surface area is 123 Å². The van der Waals surface area contributed by atoms with Crippen molar-refractivity contribution in [2.24, 2.45) is 0 Å². The van der Waals surface area contributed by atoms with Crippen molar-refractivity contribution in [3.63, 3.8) is 0 Å². The molecular formula is C16H20N2OS. The number of carbonyl (C=O) groups is 1. The largest absolute Gasteiger partial charge is 0.399 e. The molecule has 0 fully saturated rings. The van der Waals surface area contributed by atoms with E-state index in [4.69, 9.17) is 5.73 Å². The van der Waals surface area contributed by atoms with Crippen molar-refractivity contribution in [1.29, 1.82) is 0 Å². The Morgan fingerprint density at radius 3 is 2.45 bits per heavy atom. The minimum absolute atomic E-state index is 0.0168. The third-order valence-corrected chi connectivity index (χ3v) is 4.57. The summed E-state index contributed by atoms with van der Waals surface area (Å²) in [5, 5.41) is 5.09. The number of anilines is 1. The number of amides is 1. The lowest BCUT2D eigenvalue weighted by atomic mass is 9.83. The maximum Gasteiger partial charge on any atom is 0.230 e. The topological polar surface area (TPSA) is 55.1 Å². The van der Waals surface area contributed by atoms with E-state index in [0.29, 0.717) is 5.69 Å². The second kappa shape index (κ2) is 5.67. The Hall–Kier alpha value is -1.81. The lowest BCUT2D eigenvalue weighted by Gasteiger charge is -2.26. The zero-order valence-corrected chi connectivity index (χ0v) is 12.8. The fraction of sp³-hybridized carbons (Fsp3) is 0.312. The Balaban J connectivity index is 2.13. The summed E-state index contributed by atoms with van der Waals surface area (Å²) in [5.41, 5.74) is 6.77. The van der Waals surface area contributed by atoms with Crippen LogP contribution in [0.4, 0.5) is 5.69 Å². The second-order valence-corrected chi connectivity index (χ2v) is 6.44. The Bertz CT molecular complexity index is 573. The van der Waals surface area contributed by atoms with E-state index in [9.17, 15) is 4.79 Å². The first-order valence-electron chi connectivity index (χ1n) is 6.61. The van der Waals surface area contributed by atoms with Gasteiger partial charge >= 0.3 is 0 Å². The first-order chi connectivity index (χ1) is 9.41. The molecule has 1 heterocycles. The smallest absolute Gasteiger partial charge is 0.230 e. The highest BCUT2D eigenvalue weighted by Gasteiger charge is 2.30. The predicted molar refractivity (Wildman–Crippen MR) is 84.8 cm³/mol. The fourth-order valence-corrected chi connectivity index (χ4v) is 2.75. The van der Waals surface area contributed by atoms with Crippen LogP contribution in [0, 0.1) is 0 Å². The van der Waals surface area contributed by atoms with Crippen molar-refractivity contribution in [2.45, 2.75) is 32.2 Å². The molecule has 0 aliphatic heterocycles. The van der Waals surface area contributed by atoms with Gasteiger partial charge in [0.05, 0.1) is 11.5 Å². The normalized spacial score (nSPS) is 12.9. The van der Waals surface area contributed by atoms with Crippen molar-refractivity contribution in [2.75, 3.05) is 5.73 Å². The lowest BCUT2D eigenvalue weighted by molar-refractivity contribution is -0.126. The van der Waals surface area contributed by atoms with Crippen LogP contribution in [-0.2, 0) is 10.2 Å². The zero-order valence-electron chi connectivity index (χ0n) is 12.0. The standard InChI is InChI=1S/C16H20N2OS/c1-11(14-5-4-10-20-14)18-15(19)16(2,3)12-6-8-13(17)9-7-12/h4-11H,17H2,1-3H3,(H,18,19). The molecule has 106 valence electrons. The summed E-state index contributed by atoms with van der Waals surface area (Å²) >= 11 is 1.65. The van der Waals surface area contributed by atoms with Crippen LogP contribution in [-0.4, -0.2) is 5.91 Å². The molecule has 0 bridgehead atoms. The van der Waals surface area contributed by atoms with Crippen LogP contribution in [0.2, 0.25) is 0 Å². The molecule has 1 aromatic carbocycles. The van der Waals surface area contributed by atoms with Crippen molar-refractivity contribution in [1.82, 2.24) is 5.32 Å². The van der Waals surface area contributed by atoms with Crippen LogP contribution < -0.4 is 11.1 Å². The molecular weight excluding hydrogens is 268 g/mol. The molecule has 20 heavy (non-hydrogen) atoms. The predicted octanol–water partition coefficient (Wildman–Crippen LogP) is 3.49. The van der Waals surface area contributed by atoms with E-state index < -0.39 is 5.41 Å². The van der Waals surface area contributed by atoms with Crippen LogP contribution in [0.15, 0.2) is 41.8 Å². The summed E-state index contributed by atoms with van der Waals surface area (Å²) in [6.07, 6.45) is 0. The number of nitrogens with two attached hydrogens (primary N) is 1. The Kier molecular flexibility index (Phi) is 4.14. The van der Waals surface area contributed by atoms with E-state index in [0.717, 1.165) is 10.4 Å². The van der Waals surface area contributed by atoms with Gasteiger partial charge in [0.2, 0.25) is 5.91 Å². The molecule has 4 heteroatoms. The van der Waals surface area contributed by atoms with Crippen LogP contribution in [0.25, 0.3) is 0 Å². The van der Waals surface area contributed by atoms with Crippen LogP contribution in [0.1, 0.15) is 37.3 Å². The van der Waals surface area contributed by atoms with Crippen molar-refractivity contribution >= 4 is 22.9 Å². The van der Waals surface area contributed by atoms with Crippen molar-refractivity contribution in [3.8, 4) is 0 Å². The first kappa shape index (κ1) is 14.6. The summed E-state index contributed by atoms with van der Waals surface area (Å²) < 4.78 is 0. The molecule has 2 aromatic rings. The van der Waals surface area contributed by atoms with Gasteiger partial charge in [-0.05, 0) is 49.9 Å². The van der Waals surface area contributed by atoms with Gasteiger partial charge in [0.25, 0.3) is 0 Å². The van der Waals surface area contributed by atoms with Gasteiger partial charge < -0.3 is 11.1 Å². The minimum atomic E-state index is -0.584. The van der Waals surface area contributed by atoms with E-state index in [2.05, 4.69) is 5.32 Å². The van der Waals surface area contributed by atoms with Crippen LogP contribution in [0.5, 0.6) is 0 Å². The van der Waals surface area contributed by atoms with E-state index in [-0.39, 0.29) is 11.9 Å². The lowest BCUT2D eigenvalue weighted by Crippen LogP contribution is -2.41. The van der Waals surface area contributed by atoms with E-state index in [1.54, 1.807) is 11.3 Å². The number of rotatable bonds is 4. The number of benzene rings is 1. The highest BCUT2D eigenvalue weighted by Crippen LogP contribution is 2.26. The number of nitrogen functional groups attached to an aromatic ring is 1. The SMILES string of the molecule is CC(NC(=O)C(C)(C)c1ccc(N)cc1)c1cccs1. The molecule has 0 saturated carbocycles. The zero-order chi connectivity index (χ0) is 14.8.